The number of nitrogens with one attached hydrogen (secondary N) is 2. The summed E-state index contributed by atoms with van der Waals surface area (Å²) in [5.74, 6) is -0.000403. The van der Waals surface area contributed by atoms with Gasteiger partial charge in [0, 0.05) is 31.5 Å². The zero-order chi connectivity index (χ0) is 16.2. The summed E-state index contributed by atoms with van der Waals surface area (Å²) in [6, 6.07) is 9.73. The van der Waals surface area contributed by atoms with Gasteiger partial charge in [0.25, 0.3) is 5.91 Å². The Hall–Kier alpha value is -2.47. The van der Waals surface area contributed by atoms with Gasteiger partial charge in [-0.25, -0.2) is 9.37 Å². The molecule has 2 heterocycles. The Morgan fingerprint density at radius 3 is 3.00 bits per heavy atom. The van der Waals surface area contributed by atoms with Crippen LogP contribution in [0.1, 0.15) is 16.8 Å². The van der Waals surface area contributed by atoms with Gasteiger partial charge in [-0.3, -0.25) is 4.79 Å². The van der Waals surface area contributed by atoms with Crippen LogP contribution in [-0.2, 0) is 0 Å². The van der Waals surface area contributed by atoms with Crippen molar-refractivity contribution in [3.05, 3.63) is 54.0 Å². The normalized spacial score (nSPS) is 17.0. The van der Waals surface area contributed by atoms with E-state index in [-0.39, 0.29) is 17.8 Å². The van der Waals surface area contributed by atoms with Crippen molar-refractivity contribution in [2.45, 2.75) is 12.5 Å². The van der Waals surface area contributed by atoms with Crippen LogP contribution >= 0.6 is 0 Å². The van der Waals surface area contributed by atoms with E-state index in [4.69, 9.17) is 0 Å². The first-order chi connectivity index (χ1) is 11.1. The number of carbonyl (C=O) groups is 1. The van der Waals surface area contributed by atoms with Gasteiger partial charge < -0.3 is 15.5 Å². The van der Waals surface area contributed by atoms with Gasteiger partial charge in [-0.2, -0.15) is 0 Å². The van der Waals surface area contributed by atoms with Gasteiger partial charge in [-0.1, -0.05) is 6.07 Å². The summed E-state index contributed by atoms with van der Waals surface area (Å²) in [6.07, 6.45) is 2.55. The lowest BCUT2D eigenvalue weighted by Crippen LogP contribution is -2.38. The van der Waals surface area contributed by atoms with Crippen molar-refractivity contribution >= 4 is 17.4 Å². The second kappa shape index (κ2) is 6.75. The van der Waals surface area contributed by atoms with Crippen LogP contribution in [0.4, 0.5) is 15.9 Å². The average molecular weight is 314 g/mol. The summed E-state index contributed by atoms with van der Waals surface area (Å²) in [6.45, 7) is 1.72. The highest BCUT2D eigenvalue weighted by Gasteiger charge is 2.25. The highest BCUT2D eigenvalue weighted by atomic mass is 19.1. The number of anilines is 2. The van der Waals surface area contributed by atoms with Crippen LogP contribution in [0.25, 0.3) is 0 Å². The zero-order valence-electron chi connectivity index (χ0n) is 12.9. The fraction of sp³-hybridized carbons (Fsp3) is 0.294. The van der Waals surface area contributed by atoms with Crippen molar-refractivity contribution in [3.63, 3.8) is 0 Å². The molecule has 1 fully saturated rings. The van der Waals surface area contributed by atoms with Crippen LogP contribution in [0.5, 0.6) is 0 Å². The van der Waals surface area contributed by atoms with Crippen LogP contribution in [-0.4, -0.2) is 42.0 Å². The summed E-state index contributed by atoms with van der Waals surface area (Å²) < 4.78 is 13.3. The molecule has 1 aliphatic heterocycles. The molecule has 2 N–H and O–H groups in total. The number of likely N-dealkylation sites (N-methyl/N-ethyl adjacent to an activating group) is 1. The van der Waals surface area contributed by atoms with E-state index in [1.165, 1.54) is 12.1 Å². The molecule has 1 aliphatic rings. The molecule has 1 amide bonds. The number of halogens is 1. The van der Waals surface area contributed by atoms with E-state index in [1.54, 1.807) is 42.4 Å². The lowest BCUT2D eigenvalue weighted by Gasteiger charge is -2.24. The standard InChI is InChI=1S/C17H19FN4O/c1-22(14-7-9-19-11-14)17(23)15-6-3-8-20-16(15)21-13-5-2-4-12(18)10-13/h2-6,8,10,14,19H,7,9,11H2,1H3,(H,20,21). The molecule has 0 spiro atoms. The molecule has 0 bridgehead atoms. The second-order valence-corrected chi connectivity index (χ2v) is 5.60. The number of carbonyl (C=O) groups excluding carboxylic acids is 1. The molecule has 6 heteroatoms. The van der Waals surface area contributed by atoms with Crippen LogP contribution in [0.2, 0.25) is 0 Å². The van der Waals surface area contributed by atoms with Gasteiger partial charge in [0.15, 0.2) is 0 Å². The first kappa shape index (κ1) is 15.4. The van der Waals surface area contributed by atoms with E-state index >= 15 is 0 Å². The summed E-state index contributed by atoms with van der Waals surface area (Å²) in [4.78, 5) is 18.7. The quantitative estimate of drug-likeness (QED) is 0.910. The molecule has 1 aromatic carbocycles. The number of pyridine rings is 1. The van der Waals surface area contributed by atoms with Crippen molar-refractivity contribution in [3.8, 4) is 0 Å². The third kappa shape index (κ3) is 3.48. The summed E-state index contributed by atoms with van der Waals surface area (Å²) in [7, 11) is 1.80. The molecule has 0 radical (unpaired) electrons. The van der Waals surface area contributed by atoms with Crippen molar-refractivity contribution < 1.29 is 9.18 Å². The summed E-state index contributed by atoms with van der Waals surface area (Å²) in [5, 5.41) is 6.28. The fourth-order valence-corrected chi connectivity index (χ4v) is 2.71. The Morgan fingerprint density at radius 1 is 1.39 bits per heavy atom. The number of hydrogen-bond donors (Lipinski definition) is 2. The molecular formula is C17H19FN4O. The summed E-state index contributed by atoms with van der Waals surface area (Å²) >= 11 is 0. The third-order valence-electron chi connectivity index (χ3n) is 4.03. The lowest BCUT2D eigenvalue weighted by atomic mass is 10.1. The Bertz CT molecular complexity index is 700. The molecule has 3 rings (SSSR count). The molecule has 23 heavy (non-hydrogen) atoms. The number of benzene rings is 1. The minimum absolute atomic E-state index is 0.0919. The number of aromatic nitrogens is 1. The molecular weight excluding hydrogens is 295 g/mol. The average Bonchev–Trinajstić information content (AvgIpc) is 3.08. The Balaban J connectivity index is 1.83. The number of amides is 1. The molecule has 0 saturated carbocycles. The van der Waals surface area contributed by atoms with Gasteiger partial charge in [-0.15, -0.1) is 0 Å². The first-order valence-electron chi connectivity index (χ1n) is 7.60. The molecule has 1 saturated heterocycles. The number of rotatable bonds is 4. The number of hydrogen-bond acceptors (Lipinski definition) is 4. The molecule has 2 aromatic rings. The van der Waals surface area contributed by atoms with Gasteiger partial charge in [0.1, 0.15) is 11.6 Å². The Labute approximate surface area is 134 Å². The van der Waals surface area contributed by atoms with Crippen LogP contribution in [0, 0.1) is 5.82 Å². The van der Waals surface area contributed by atoms with Crippen LogP contribution < -0.4 is 10.6 Å². The lowest BCUT2D eigenvalue weighted by molar-refractivity contribution is 0.0744. The van der Waals surface area contributed by atoms with E-state index in [0.717, 1.165) is 19.5 Å². The van der Waals surface area contributed by atoms with Gasteiger partial charge in [-0.05, 0) is 43.3 Å². The SMILES string of the molecule is CN(C(=O)c1cccnc1Nc1cccc(F)c1)C1CCNC1. The topological polar surface area (TPSA) is 57.3 Å². The highest BCUT2D eigenvalue weighted by Crippen LogP contribution is 2.21. The molecule has 1 unspecified atom stereocenters. The Kier molecular flexibility index (Phi) is 4.52. The maximum absolute atomic E-state index is 13.3. The molecule has 1 aromatic heterocycles. The summed E-state index contributed by atoms with van der Waals surface area (Å²) in [5.41, 5.74) is 1.04. The highest BCUT2D eigenvalue weighted by molar-refractivity contribution is 5.99. The van der Waals surface area contributed by atoms with E-state index in [9.17, 15) is 9.18 Å². The van der Waals surface area contributed by atoms with Crippen LogP contribution in [0.15, 0.2) is 42.6 Å². The van der Waals surface area contributed by atoms with E-state index in [1.807, 2.05) is 0 Å². The van der Waals surface area contributed by atoms with Crippen molar-refractivity contribution in [2.75, 3.05) is 25.5 Å². The maximum atomic E-state index is 13.3. The Morgan fingerprint density at radius 2 is 2.26 bits per heavy atom. The molecule has 120 valence electrons. The molecule has 5 nitrogen and oxygen atoms in total. The van der Waals surface area contributed by atoms with Crippen molar-refractivity contribution in [1.82, 2.24) is 15.2 Å². The van der Waals surface area contributed by atoms with Gasteiger partial charge in [0.05, 0.1) is 5.56 Å². The predicted molar refractivity (Wildman–Crippen MR) is 87.3 cm³/mol. The molecule has 1 atom stereocenters. The predicted octanol–water partition coefficient (Wildman–Crippen LogP) is 2.40. The maximum Gasteiger partial charge on any atom is 0.257 e. The van der Waals surface area contributed by atoms with E-state index in [0.29, 0.717) is 17.1 Å². The van der Waals surface area contributed by atoms with Gasteiger partial charge >= 0.3 is 0 Å². The molecule has 0 aliphatic carbocycles. The minimum Gasteiger partial charge on any atom is -0.339 e. The van der Waals surface area contributed by atoms with E-state index in [2.05, 4.69) is 15.6 Å². The smallest absolute Gasteiger partial charge is 0.257 e. The zero-order valence-corrected chi connectivity index (χ0v) is 12.9. The van der Waals surface area contributed by atoms with Crippen molar-refractivity contribution in [2.24, 2.45) is 0 Å². The third-order valence-corrected chi connectivity index (χ3v) is 4.03. The fourth-order valence-electron chi connectivity index (χ4n) is 2.71. The van der Waals surface area contributed by atoms with Crippen LogP contribution in [0.3, 0.4) is 0 Å². The van der Waals surface area contributed by atoms with Crippen molar-refractivity contribution in [1.29, 1.82) is 0 Å². The number of nitrogens with zero attached hydrogens (tertiary/aromatic N) is 2. The second-order valence-electron chi connectivity index (χ2n) is 5.60. The largest absolute Gasteiger partial charge is 0.339 e. The van der Waals surface area contributed by atoms with Gasteiger partial charge in [0.2, 0.25) is 0 Å². The first-order valence-corrected chi connectivity index (χ1v) is 7.60. The van der Waals surface area contributed by atoms with E-state index < -0.39 is 0 Å². The minimum atomic E-state index is -0.340. The monoisotopic (exact) mass is 314 g/mol.